The van der Waals surface area contributed by atoms with E-state index in [-0.39, 0.29) is 12.4 Å². The summed E-state index contributed by atoms with van der Waals surface area (Å²) in [6.07, 6.45) is 0.933. The average Bonchev–Trinajstić information content (AvgIpc) is 2.62. The SMILES string of the molecule is CCOCCCNc1nc(-c2ccc(Cl)cc2)nc2ccccc12.[Cl-]. The molecule has 0 unspecified atom stereocenters. The molecule has 1 N–H and O–H groups in total. The maximum atomic E-state index is 5.97. The lowest BCUT2D eigenvalue weighted by Gasteiger charge is -2.11. The molecule has 1 heterocycles. The Balaban J connectivity index is 0.00000225. The Hall–Kier alpha value is -1.88. The van der Waals surface area contributed by atoms with E-state index in [1.807, 2.05) is 55.5 Å². The maximum Gasteiger partial charge on any atom is 0.162 e. The zero-order valence-corrected chi connectivity index (χ0v) is 15.5. The molecule has 0 bridgehead atoms. The van der Waals surface area contributed by atoms with Gasteiger partial charge in [-0.15, -0.1) is 0 Å². The summed E-state index contributed by atoms with van der Waals surface area (Å²) in [5.74, 6) is 1.54. The van der Waals surface area contributed by atoms with Gasteiger partial charge < -0.3 is 22.5 Å². The van der Waals surface area contributed by atoms with Crippen LogP contribution in [0, 0.1) is 0 Å². The number of ether oxygens (including phenoxy) is 1. The first-order chi connectivity index (χ1) is 11.8. The van der Waals surface area contributed by atoms with Crippen molar-refractivity contribution < 1.29 is 17.1 Å². The summed E-state index contributed by atoms with van der Waals surface area (Å²) < 4.78 is 5.38. The minimum atomic E-state index is 0. The van der Waals surface area contributed by atoms with Crippen molar-refractivity contribution in [1.29, 1.82) is 0 Å². The molecule has 0 aliphatic carbocycles. The standard InChI is InChI=1S/C19H20ClN3O.ClH/c1-2-24-13-5-12-21-19-16-6-3-4-7-17(16)22-18(23-19)14-8-10-15(20)11-9-14;/h3-4,6-11H,2,5,12-13H2,1H3,(H,21,22,23);1H/p-1. The lowest BCUT2D eigenvalue weighted by molar-refractivity contribution is -0.00000570. The highest BCUT2D eigenvalue weighted by atomic mass is 35.5. The normalized spacial score (nSPS) is 10.5. The van der Waals surface area contributed by atoms with Crippen molar-refractivity contribution >= 4 is 28.3 Å². The molecule has 132 valence electrons. The Bertz CT molecular complexity index is 809. The Morgan fingerprint density at radius 1 is 1.04 bits per heavy atom. The number of nitrogens with zero attached hydrogens (tertiary/aromatic N) is 2. The Morgan fingerprint density at radius 2 is 1.80 bits per heavy atom. The van der Waals surface area contributed by atoms with Crippen LogP contribution in [0.25, 0.3) is 22.3 Å². The third kappa shape index (κ3) is 5.05. The van der Waals surface area contributed by atoms with Gasteiger partial charge in [-0.05, 0) is 49.7 Å². The third-order valence-corrected chi connectivity index (χ3v) is 3.92. The lowest BCUT2D eigenvalue weighted by Crippen LogP contribution is -3.00. The average molecular weight is 377 g/mol. The van der Waals surface area contributed by atoms with Gasteiger partial charge in [-0.3, -0.25) is 0 Å². The van der Waals surface area contributed by atoms with Crippen molar-refractivity contribution in [2.24, 2.45) is 0 Å². The van der Waals surface area contributed by atoms with Crippen molar-refractivity contribution in [1.82, 2.24) is 9.97 Å². The van der Waals surface area contributed by atoms with Gasteiger partial charge in [-0.1, -0.05) is 23.7 Å². The van der Waals surface area contributed by atoms with Gasteiger partial charge in [0.2, 0.25) is 0 Å². The van der Waals surface area contributed by atoms with Gasteiger partial charge in [0, 0.05) is 35.7 Å². The lowest BCUT2D eigenvalue weighted by atomic mass is 10.2. The molecule has 4 nitrogen and oxygen atoms in total. The number of anilines is 1. The van der Waals surface area contributed by atoms with Crippen LogP contribution in [0.3, 0.4) is 0 Å². The number of benzene rings is 2. The van der Waals surface area contributed by atoms with Crippen LogP contribution in [-0.2, 0) is 4.74 Å². The molecule has 6 heteroatoms. The van der Waals surface area contributed by atoms with Gasteiger partial charge in [0.25, 0.3) is 0 Å². The molecule has 0 aliphatic rings. The van der Waals surface area contributed by atoms with E-state index in [2.05, 4.69) is 10.3 Å². The second-order valence-electron chi connectivity index (χ2n) is 5.40. The molecular weight excluding hydrogens is 357 g/mol. The Kier molecular flexibility index (Phi) is 7.44. The van der Waals surface area contributed by atoms with Crippen LogP contribution in [0.15, 0.2) is 48.5 Å². The maximum absolute atomic E-state index is 5.97. The van der Waals surface area contributed by atoms with Crippen LogP contribution < -0.4 is 17.7 Å². The fourth-order valence-electron chi connectivity index (χ4n) is 2.46. The van der Waals surface area contributed by atoms with E-state index in [0.717, 1.165) is 48.5 Å². The summed E-state index contributed by atoms with van der Waals surface area (Å²) in [6.45, 7) is 4.30. The van der Waals surface area contributed by atoms with E-state index in [4.69, 9.17) is 21.3 Å². The first-order valence-electron chi connectivity index (χ1n) is 8.12. The zero-order chi connectivity index (χ0) is 16.8. The summed E-state index contributed by atoms with van der Waals surface area (Å²) in [6, 6.07) is 15.6. The summed E-state index contributed by atoms with van der Waals surface area (Å²) >= 11 is 5.97. The van der Waals surface area contributed by atoms with Gasteiger partial charge in [0.15, 0.2) is 5.82 Å². The number of fused-ring (bicyclic) bond motifs is 1. The smallest absolute Gasteiger partial charge is 0.162 e. The number of hydrogen-bond acceptors (Lipinski definition) is 4. The van der Waals surface area contributed by atoms with Gasteiger partial charge in [-0.25, -0.2) is 9.97 Å². The summed E-state index contributed by atoms with van der Waals surface area (Å²) in [7, 11) is 0. The van der Waals surface area contributed by atoms with Gasteiger partial charge in [-0.2, -0.15) is 0 Å². The van der Waals surface area contributed by atoms with Crippen LogP contribution in [-0.4, -0.2) is 29.7 Å². The number of aromatic nitrogens is 2. The van der Waals surface area contributed by atoms with Gasteiger partial charge >= 0.3 is 0 Å². The molecule has 2 aromatic carbocycles. The quantitative estimate of drug-likeness (QED) is 0.638. The first-order valence-corrected chi connectivity index (χ1v) is 8.50. The fourth-order valence-corrected chi connectivity index (χ4v) is 2.59. The molecular formula is C19H20Cl2N3O-. The summed E-state index contributed by atoms with van der Waals surface area (Å²) in [5.41, 5.74) is 1.87. The predicted molar refractivity (Wildman–Crippen MR) is 99.6 cm³/mol. The third-order valence-electron chi connectivity index (χ3n) is 3.67. The van der Waals surface area contributed by atoms with Crippen molar-refractivity contribution in [3.05, 3.63) is 53.6 Å². The fraction of sp³-hybridized carbons (Fsp3) is 0.263. The Morgan fingerprint density at radius 3 is 2.56 bits per heavy atom. The molecule has 0 aliphatic heterocycles. The summed E-state index contributed by atoms with van der Waals surface area (Å²) in [4.78, 5) is 9.39. The number of nitrogens with one attached hydrogen (secondary N) is 1. The Labute approximate surface area is 159 Å². The van der Waals surface area contributed by atoms with Crippen LogP contribution in [0.5, 0.6) is 0 Å². The molecule has 3 rings (SSSR count). The van der Waals surface area contributed by atoms with Gasteiger partial charge in [0.1, 0.15) is 5.82 Å². The van der Waals surface area contributed by atoms with E-state index >= 15 is 0 Å². The second kappa shape index (κ2) is 9.56. The number of hydrogen-bond donors (Lipinski definition) is 1. The van der Waals surface area contributed by atoms with Crippen molar-refractivity contribution in [3.8, 4) is 11.4 Å². The first kappa shape index (κ1) is 19.4. The molecule has 0 saturated carbocycles. The number of halogens is 2. The molecule has 3 aromatic rings. The van der Waals surface area contributed by atoms with E-state index < -0.39 is 0 Å². The van der Waals surface area contributed by atoms with Crippen LogP contribution in [0.4, 0.5) is 5.82 Å². The van der Waals surface area contributed by atoms with Crippen molar-refractivity contribution in [2.45, 2.75) is 13.3 Å². The molecule has 0 atom stereocenters. The number of para-hydroxylation sites is 1. The second-order valence-corrected chi connectivity index (χ2v) is 5.83. The van der Waals surface area contributed by atoms with Crippen LogP contribution >= 0.6 is 11.6 Å². The van der Waals surface area contributed by atoms with Gasteiger partial charge in [0.05, 0.1) is 5.52 Å². The highest BCUT2D eigenvalue weighted by Crippen LogP contribution is 2.25. The minimum Gasteiger partial charge on any atom is -1.00 e. The largest absolute Gasteiger partial charge is 1.00 e. The molecule has 0 fully saturated rings. The van der Waals surface area contributed by atoms with Crippen molar-refractivity contribution in [3.63, 3.8) is 0 Å². The molecule has 1 aromatic heterocycles. The minimum absolute atomic E-state index is 0. The topological polar surface area (TPSA) is 47.0 Å². The molecule has 25 heavy (non-hydrogen) atoms. The van der Waals surface area contributed by atoms with E-state index in [1.165, 1.54) is 0 Å². The summed E-state index contributed by atoms with van der Waals surface area (Å²) in [5, 5.41) is 5.13. The molecule has 0 amide bonds. The van der Waals surface area contributed by atoms with Crippen LogP contribution in [0.1, 0.15) is 13.3 Å². The van der Waals surface area contributed by atoms with E-state index in [1.54, 1.807) is 0 Å². The van der Waals surface area contributed by atoms with Crippen LogP contribution in [0.2, 0.25) is 5.02 Å². The monoisotopic (exact) mass is 376 g/mol. The zero-order valence-electron chi connectivity index (χ0n) is 14.0. The van der Waals surface area contributed by atoms with E-state index in [9.17, 15) is 0 Å². The highest BCUT2D eigenvalue weighted by molar-refractivity contribution is 6.30. The molecule has 0 spiro atoms. The van der Waals surface area contributed by atoms with Crippen molar-refractivity contribution in [2.75, 3.05) is 25.1 Å². The highest BCUT2D eigenvalue weighted by Gasteiger charge is 2.09. The number of rotatable bonds is 7. The molecule has 0 saturated heterocycles. The van der Waals surface area contributed by atoms with E-state index in [0.29, 0.717) is 10.8 Å². The molecule has 0 radical (unpaired) electrons. The predicted octanol–water partition coefficient (Wildman–Crippen LogP) is 1.79.